The van der Waals surface area contributed by atoms with Crippen LogP contribution in [-0.4, -0.2) is 9.97 Å². The first kappa shape index (κ1) is 8.44. The van der Waals surface area contributed by atoms with Gasteiger partial charge >= 0.3 is 0 Å². The van der Waals surface area contributed by atoms with Crippen LogP contribution in [0.4, 0.5) is 5.82 Å². The lowest BCUT2D eigenvalue weighted by atomic mass is 10.1. The average Bonchev–Trinajstić information content (AvgIpc) is 2.27. The predicted molar refractivity (Wildman–Crippen MR) is 55.8 cm³/mol. The molecule has 0 spiro atoms. The van der Waals surface area contributed by atoms with Crippen LogP contribution in [0.2, 0.25) is 0 Å². The number of hydrogen-bond acceptors (Lipinski definition) is 3. The zero-order valence-corrected chi connectivity index (χ0v) is 8.46. The number of anilines is 1. The Bertz CT molecular complexity index is 456. The minimum atomic E-state index is 0.471. The molecular weight excluding hydrogens is 182 g/mol. The Morgan fingerprint density at radius 1 is 1.46 bits per heavy atom. The molecule has 1 heterocycles. The third kappa shape index (κ3) is 1.18. The van der Waals surface area contributed by atoms with Gasteiger partial charge in [-0.3, -0.25) is 0 Å². The van der Waals surface area contributed by atoms with Crippen LogP contribution in [0.3, 0.4) is 0 Å². The van der Waals surface area contributed by atoms with Crippen molar-refractivity contribution in [3.63, 3.8) is 0 Å². The third-order valence-corrected chi connectivity index (χ3v) is 2.69. The Morgan fingerprint density at radius 2 is 2.15 bits per heavy atom. The van der Waals surface area contributed by atoms with Crippen molar-refractivity contribution < 1.29 is 0 Å². The van der Waals surface area contributed by atoms with Crippen LogP contribution in [0.15, 0.2) is 5.57 Å². The third-order valence-electron chi connectivity index (χ3n) is 2.49. The molecule has 0 fully saturated rings. The van der Waals surface area contributed by atoms with E-state index in [4.69, 9.17) is 18.0 Å². The van der Waals surface area contributed by atoms with Crippen LogP contribution in [0, 0.1) is 4.77 Å². The Balaban J connectivity index is 2.74. The van der Waals surface area contributed by atoms with Crippen LogP contribution >= 0.6 is 12.2 Å². The number of rotatable bonds is 0. The second-order valence-electron chi connectivity index (χ2n) is 3.36. The monoisotopic (exact) mass is 193 g/mol. The quantitative estimate of drug-likeness (QED) is 0.620. The molecule has 2 rings (SSSR count). The van der Waals surface area contributed by atoms with Gasteiger partial charge in [-0.25, -0.2) is 4.98 Å². The van der Waals surface area contributed by atoms with E-state index in [0.29, 0.717) is 10.6 Å². The van der Waals surface area contributed by atoms with Gasteiger partial charge in [-0.05, 0) is 31.6 Å². The van der Waals surface area contributed by atoms with Gasteiger partial charge in [0.15, 0.2) is 4.77 Å². The smallest absolute Gasteiger partial charge is 0.198 e. The Kier molecular flexibility index (Phi) is 1.73. The normalized spacial score (nSPS) is 14.9. The average molecular weight is 193 g/mol. The molecule has 3 nitrogen and oxygen atoms in total. The number of aromatic nitrogens is 2. The highest BCUT2D eigenvalue weighted by atomic mass is 32.1. The highest BCUT2D eigenvalue weighted by molar-refractivity contribution is 7.71. The van der Waals surface area contributed by atoms with E-state index in [9.17, 15) is 0 Å². The van der Waals surface area contributed by atoms with E-state index >= 15 is 0 Å². The Morgan fingerprint density at radius 3 is 2.85 bits per heavy atom. The van der Waals surface area contributed by atoms with Gasteiger partial charge in [0.2, 0.25) is 0 Å². The maximum atomic E-state index is 5.79. The summed E-state index contributed by atoms with van der Waals surface area (Å²) in [6.07, 6.45) is 0.914. The lowest BCUT2D eigenvalue weighted by molar-refractivity contribution is 1.02. The second kappa shape index (κ2) is 2.67. The van der Waals surface area contributed by atoms with E-state index in [1.165, 1.54) is 11.1 Å². The first-order valence-corrected chi connectivity index (χ1v) is 4.56. The van der Waals surface area contributed by atoms with Gasteiger partial charge in [-0.2, -0.15) is 0 Å². The van der Waals surface area contributed by atoms with Crippen molar-refractivity contribution in [3.05, 3.63) is 21.6 Å². The molecule has 0 bridgehead atoms. The number of nitrogens with zero attached hydrogens (tertiary/aromatic N) is 1. The van der Waals surface area contributed by atoms with E-state index < -0.39 is 0 Å². The molecule has 0 atom stereocenters. The molecule has 0 radical (unpaired) electrons. The molecule has 0 saturated heterocycles. The Labute approximate surface area is 81.7 Å². The minimum absolute atomic E-state index is 0.471. The molecule has 4 heteroatoms. The van der Waals surface area contributed by atoms with Gasteiger partial charge in [0.1, 0.15) is 5.82 Å². The summed E-state index contributed by atoms with van der Waals surface area (Å²) >= 11 is 4.95. The fourth-order valence-corrected chi connectivity index (χ4v) is 1.92. The van der Waals surface area contributed by atoms with Crippen molar-refractivity contribution in [2.24, 2.45) is 0 Å². The maximum Gasteiger partial charge on any atom is 0.198 e. The summed E-state index contributed by atoms with van der Waals surface area (Å²) in [5, 5.41) is 0. The number of aromatic amines is 1. The summed E-state index contributed by atoms with van der Waals surface area (Å²) in [6, 6.07) is 0. The Hall–Kier alpha value is -1.16. The van der Waals surface area contributed by atoms with Gasteiger partial charge in [0.05, 0.1) is 0 Å². The van der Waals surface area contributed by atoms with E-state index in [2.05, 4.69) is 23.8 Å². The number of allylic oxidation sites excluding steroid dienone is 2. The number of nitrogens with one attached hydrogen (secondary N) is 1. The molecule has 1 aliphatic rings. The van der Waals surface area contributed by atoms with Crippen molar-refractivity contribution in [2.45, 2.75) is 20.3 Å². The van der Waals surface area contributed by atoms with E-state index in [1.807, 2.05) is 0 Å². The fraction of sp³-hybridized carbons (Fsp3) is 0.333. The van der Waals surface area contributed by atoms with E-state index in [1.54, 1.807) is 0 Å². The zero-order valence-electron chi connectivity index (χ0n) is 7.64. The minimum Gasteiger partial charge on any atom is -0.383 e. The SMILES string of the molecule is CC1=C(C)c2c(N)nc(=S)[nH]c2C1. The fourth-order valence-electron chi connectivity index (χ4n) is 1.70. The van der Waals surface area contributed by atoms with Crippen LogP contribution in [-0.2, 0) is 6.42 Å². The van der Waals surface area contributed by atoms with Crippen molar-refractivity contribution in [1.29, 1.82) is 0 Å². The molecule has 1 aliphatic carbocycles. The number of nitrogens with two attached hydrogens (primary N) is 1. The number of nitrogen functional groups attached to an aromatic ring is 1. The summed E-state index contributed by atoms with van der Waals surface area (Å²) in [5.74, 6) is 0.549. The molecule has 0 aliphatic heterocycles. The summed E-state index contributed by atoms with van der Waals surface area (Å²) in [7, 11) is 0. The van der Waals surface area contributed by atoms with Crippen LogP contribution < -0.4 is 5.73 Å². The molecule has 68 valence electrons. The highest BCUT2D eigenvalue weighted by Gasteiger charge is 2.19. The van der Waals surface area contributed by atoms with Gasteiger partial charge in [0, 0.05) is 17.7 Å². The van der Waals surface area contributed by atoms with Crippen LogP contribution in [0.5, 0.6) is 0 Å². The summed E-state index contributed by atoms with van der Waals surface area (Å²) in [4.78, 5) is 7.10. The summed E-state index contributed by atoms with van der Waals surface area (Å²) in [5.41, 5.74) is 10.5. The van der Waals surface area contributed by atoms with Gasteiger partial charge in [-0.15, -0.1) is 0 Å². The molecular formula is C9H11N3S. The molecule has 13 heavy (non-hydrogen) atoms. The highest BCUT2D eigenvalue weighted by Crippen LogP contribution is 2.33. The molecule has 3 N–H and O–H groups in total. The van der Waals surface area contributed by atoms with E-state index in [0.717, 1.165) is 17.7 Å². The molecule has 1 aromatic rings. The zero-order chi connectivity index (χ0) is 9.59. The lowest BCUT2D eigenvalue weighted by Crippen LogP contribution is -2.00. The van der Waals surface area contributed by atoms with Crippen molar-refractivity contribution in [1.82, 2.24) is 9.97 Å². The van der Waals surface area contributed by atoms with Crippen molar-refractivity contribution in [2.75, 3.05) is 5.73 Å². The largest absolute Gasteiger partial charge is 0.383 e. The second-order valence-corrected chi connectivity index (χ2v) is 3.75. The maximum absolute atomic E-state index is 5.79. The van der Waals surface area contributed by atoms with Crippen molar-refractivity contribution in [3.8, 4) is 0 Å². The van der Waals surface area contributed by atoms with Crippen molar-refractivity contribution >= 4 is 23.6 Å². The summed E-state index contributed by atoms with van der Waals surface area (Å²) < 4.78 is 0.471. The van der Waals surface area contributed by atoms with Crippen LogP contribution in [0.25, 0.3) is 5.57 Å². The summed E-state index contributed by atoms with van der Waals surface area (Å²) in [6.45, 7) is 4.17. The standard InChI is InChI=1S/C9H11N3S/c1-4-3-6-7(5(4)2)8(10)12-9(13)11-6/h3H2,1-2H3,(H3,10,11,12,13). The molecule has 0 aromatic carbocycles. The van der Waals surface area contributed by atoms with Crippen LogP contribution in [0.1, 0.15) is 25.1 Å². The molecule has 1 aromatic heterocycles. The topological polar surface area (TPSA) is 54.7 Å². The molecule has 0 unspecified atom stereocenters. The first-order valence-electron chi connectivity index (χ1n) is 4.15. The van der Waals surface area contributed by atoms with E-state index in [-0.39, 0.29) is 0 Å². The van der Waals surface area contributed by atoms with Gasteiger partial charge < -0.3 is 10.7 Å². The van der Waals surface area contributed by atoms with Gasteiger partial charge in [0.25, 0.3) is 0 Å². The molecule has 0 amide bonds. The molecule has 0 saturated carbocycles. The first-order chi connectivity index (χ1) is 6.09. The lowest BCUT2D eigenvalue weighted by Gasteiger charge is -2.03. The number of H-pyrrole nitrogens is 1. The van der Waals surface area contributed by atoms with Gasteiger partial charge in [-0.1, -0.05) is 5.57 Å². The number of hydrogen-bond donors (Lipinski definition) is 2. The number of fused-ring (bicyclic) bond motifs is 1. The predicted octanol–water partition coefficient (Wildman–Crippen LogP) is 2.07.